The van der Waals surface area contributed by atoms with E-state index in [2.05, 4.69) is 29.1 Å². The van der Waals surface area contributed by atoms with Gasteiger partial charge in [-0.15, -0.1) is 0 Å². The minimum absolute atomic E-state index is 0.746. The number of hydrogen-bond acceptors (Lipinski definition) is 4. The average molecular weight is 271 g/mol. The van der Waals surface area contributed by atoms with E-state index in [9.17, 15) is 0 Å². The lowest BCUT2D eigenvalue weighted by Gasteiger charge is -2.11. The SMILES string of the molecule is CCCOc1ccc(-c2ncnc(NCC)c2C)cc1. The van der Waals surface area contributed by atoms with Crippen molar-refractivity contribution in [3.8, 4) is 17.0 Å². The van der Waals surface area contributed by atoms with E-state index in [0.717, 1.165) is 48.0 Å². The Morgan fingerprint density at radius 2 is 1.85 bits per heavy atom. The summed E-state index contributed by atoms with van der Waals surface area (Å²) in [6.07, 6.45) is 2.61. The molecule has 20 heavy (non-hydrogen) atoms. The van der Waals surface area contributed by atoms with Crippen molar-refractivity contribution in [3.63, 3.8) is 0 Å². The largest absolute Gasteiger partial charge is 0.494 e. The van der Waals surface area contributed by atoms with E-state index in [-0.39, 0.29) is 0 Å². The highest BCUT2D eigenvalue weighted by Crippen LogP contribution is 2.26. The van der Waals surface area contributed by atoms with Crippen molar-refractivity contribution in [1.29, 1.82) is 0 Å². The number of aromatic nitrogens is 2. The van der Waals surface area contributed by atoms with E-state index in [4.69, 9.17) is 4.74 Å². The zero-order valence-electron chi connectivity index (χ0n) is 12.3. The minimum atomic E-state index is 0.746. The summed E-state index contributed by atoms with van der Waals surface area (Å²) in [6, 6.07) is 8.05. The highest BCUT2D eigenvalue weighted by atomic mass is 16.5. The molecule has 0 aliphatic rings. The van der Waals surface area contributed by atoms with Crippen LogP contribution in [0.15, 0.2) is 30.6 Å². The van der Waals surface area contributed by atoms with E-state index in [1.165, 1.54) is 0 Å². The first-order chi connectivity index (χ1) is 9.76. The molecular weight excluding hydrogens is 250 g/mol. The Kier molecular flexibility index (Phi) is 4.93. The fourth-order valence-corrected chi connectivity index (χ4v) is 2.02. The molecule has 4 nitrogen and oxygen atoms in total. The van der Waals surface area contributed by atoms with Gasteiger partial charge in [0.2, 0.25) is 0 Å². The summed E-state index contributed by atoms with van der Waals surface area (Å²) in [4.78, 5) is 8.66. The fraction of sp³-hybridized carbons (Fsp3) is 0.375. The topological polar surface area (TPSA) is 47.0 Å². The van der Waals surface area contributed by atoms with E-state index in [0.29, 0.717) is 0 Å². The average Bonchev–Trinajstić information content (AvgIpc) is 2.48. The highest BCUT2D eigenvalue weighted by Gasteiger charge is 2.08. The van der Waals surface area contributed by atoms with Crippen molar-refractivity contribution in [1.82, 2.24) is 9.97 Å². The second-order valence-corrected chi connectivity index (χ2v) is 4.60. The van der Waals surface area contributed by atoms with Gasteiger partial charge in [-0.2, -0.15) is 0 Å². The molecule has 0 saturated heterocycles. The van der Waals surface area contributed by atoms with Crippen LogP contribution in [0.1, 0.15) is 25.8 Å². The molecule has 0 atom stereocenters. The van der Waals surface area contributed by atoms with Crippen LogP contribution in [0, 0.1) is 6.92 Å². The van der Waals surface area contributed by atoms with E-state index in [1.807, 2.05) is 31.2 Å². The molecular formula is C16H21N3O. The Hall–Kier alpha value is -2.10. The lowest BCUT2D eigenvalue weighted by molar-refractivity contribution is 0.317. The normalized spacial score (nSPS) is 10.3. The molecule has 1 heterocycles. The quantitative estimate of drug-likeness (QED) is 0.870. The minimum Gasteiger partial charge on any atom is -0.494 e. The van der Waals surface area contributed by atoms with Crippen molar-refractivity contribution in [2.45, 2.75) is 27.2 Å². The molecule has 0 unspecified atom stereocenters. The Labute approximate surface area is 120 Å². The van der Waals surface area contributed by atoms with Crippen molar-refractivity contribution in [2.24, 2.45) is 0 Å². The zero-order chi connectivity index (χ0) is 14.4. The van der Waals surface area contributed by atoms with Crippen LogP contribution >= 0.6 is 0 Å². The van der Waals surface area contributed by atoms with E-state index < -0.39 is 0 Å². The first-order valence-corrected chi connectivity index (χ1v) is 7.05. The number of anilines is 1. The van der Waals surface area contributed by atoms with Gasteiger partial charge in [-0.3, -0.25) is 0 Å². The van der Waals surface area contributed by atoms with E-state index >= 15 is 0 Å². The summed E-state index contributed by atoms with van der Waals surface area (Å²) in [7, 11) is 0. The molecule has 2 aromatic rings. The second-order valence-electron chi connectivity index (χ2n) is 4.60. The number of benzene rings is 1. The Morgan fingerprint density at radius 1 is 1.10 bits per heavy atom. The molecule has 1 aromatic heterocycles. The predicted molar refractivity (Wildman–Crippen MR) is 82.2 cm³/mol. The number of nitrogens with zero attached hydrogens (tertiary/aromatic N) is 2. The number of rotatable bonds is 6. The molecule has 0 bridgehead atoms. The summed E-state index contributed by atoms with van der Waals surface area (Å²) in [6.45, 7) is 7.79. The molecule has 0 aliphatic heterocycles. The Bertz CT molecular complexity index is 552. The van der Waals surface area contributed by atoms with Crippen LogP contribution in [0.4, 0.5) is 5.82 Å². The van der Waals surface area contributed by atoms with Gasteiger partial charge in [-0.1, -0.05) is 6.92 Å². The van der Waals surface area contributed by atoms with Crippen molar-refractivity contribution in [2.75, 3.05) is 18.5 Å². The monoisotopic (exact) mass is 271 g/mol. The van der Waals surface area contributed by atoms with Crippen LogP contribution in [0.25, 0.3) is 11.3 Å². The molecule has 1 N–H and O–H groups in total. The third-order valence-corrected chi connectivity index (χ3v) is 3.03. The van der Waals surface area contributed by atoms with Gasteiger partial charge in [-0.25, -0.2) is 9.97 Å². The molecule has 0 saturated carbocycles. The van der Waals surface area contributed by atoms with Gasteiger partial charge < -0.3 is 10.1 Å². The maximum atomic E-state index is 5.59. The molecule has 0 aliphatic carbocycles. The molecule has 0 fully saturated rings. The van der Waals surface area contributed by atoms with Crippen LogP contribution < -0.4 is 10.1 Å². The van der Waals surface area contributed by atoms with Crippen molar-refractivity contribution < 1.29 is 4.74 Å². The summed E-state index contributed by atoms with van der Waals surface area (Å²) in [5.41, 5.74) is 3.10. The summed E-state index contributed by atoms with van der Waals surface area (Å²) in [5, 5.41) is 3.25. The van der Waals surface area contributed by atoms with Gasteiger partial charge in [0.1, 0.15) is 17.9 Å². The third-order valence-electron chi connectivity index (χ3n) is 3.03. The highest BCUT2D eigenvalue weighted by molar-refractivity contribution is 5.68. The fourth-order valence-electron chi connectivity index (χ4n) is 2.02. The van der Waals surface area contributed by atoms with Gasteiger partial charge >= 0.3 is 0 Å². The van der Waals surface area contributed by atoms with Crippen molar-refractivity contribution in [3.05, 3.63) is 36.2 Å². The third kappa shape index (κ3) is 3.26. The molecule has 0 amide bonds. The Morgan fingerprint density at radius 3 is 2.50 bits per heavy atom. The maximum absolute atomic E-state index is 5.59. The van der Waals surface area contributed by atoms with Crippen LogP contribution in [-0.2, 0) is 0 Å². The van der Waals surface area contributed by atoms with Crippen molar-refractivity contribution >= 4 is 5.82 Å². The van der Waals surface area contributed by atoms with E-state index in [1.54, 1.807) is 6.33 Å². The first kappa shape index (κ1) is 14.3. The summed E-state index contributed by atoms with van der Waals surface area (Å²) in [5.74, 6) is 1.79. The van der Waals surface area contributed by atoms with Gasteiger partial charge in [0, 0.05) is 17.7 Å². The summed E-state index contributed by atoms with van der Waals surface area (Å²) < 4.78 is 5.59. The first-order valence-electron chi connectivity index (χ1n) is 7.05. The Balaban J connectivity index is 2.25. The molecule has 4 heteroatoms. The van der Waals surface area contributed by atoms with Crippen LogP contribution in [-0.4, -0.2) is 23.1 Å². The molecule has 106 valence electrons. The van der Waals surface area contributed by atoms with Gasteiger partial charge in [0.25, 0.3) is 0 Å². The number of ether oxygens (including phenoxy) is 1. The van der Waals surface area contributed by atoms with Gasteiger partial charge in [-0.05, 0) is 44.5 Å². The van der Waals surface area contributed by atoms with Crippen LogP contribution in [0.2, 0.25) is 0 Å². The molecule has 2 rings (SSSR count). The summed E-state index contributed by atoms with van der Waals surface area (Å²) >= 11 is 0. The molecule has 0 radical (unpaired) electrons. The van der Waals surface area contributed by atoms with Gasteiger partial charge in [0.05, 0.1) is 12.3 Å². The smallest absolute Gasteiger partial charge is 0.132 e. The van der Waals surface area contributed by atoms with Crippen LogP contribution in [0.3, 0.4) is 0 Å². The maximum Gasteiger partial charge on any atom is 0.132 e. The second kappa shape index (κ2) is 6.89. The lowest BCUT2D eigenvalue weighted by atomic mass is 10.1. The zero-order valence-corrected chi connectivity index (χ0v) is 12.3. The predicted octanol–water partition coefficient (Wildman–Crippen LogP) is 3.67. The lowest BCUT2D eigenvalue weighted by Crippen LogP contribution is -2.03. The number of nitrogens with one attached hydrogen (secondary N) is 1. The molecule has 1 aromatic carbocycles. The number of hydrogen-bond donors (Lipinski definition) is 1. The van der Waals surface area contributed by atoms with Crippen LogP contribution in [0.5, 0.6) is 5.75 Å². The molecule has 0 spiro atoms. The standard InChI is InChI=1S/C16H21N3O/c1-4-10-20-14-8-6-13(7-9-14)15-12(3)16(17-5-2)19-11-18-15/h6-9,11H,4-5,10H2,1-3H3,(H,17,18,19). The van der Waals surface area contributed by atoms with Gasteiger partial charge in [0.15, 0.2) is 0 Å².